The number of sulfonamides is 1. The quantitative estimate of drug-likeness (QED) is 0.603. The van der Waals surface area contributed by atoms with Gasteiger partial charge in [0.2, 0.25) is 0 Å². The molecule has 0 aromatic rings. The monoisotopic (exact) mass is 169 g/mol. The van der Waals surface area contributed by atoms with Gasteiger partial charge in [-0.1, -0.05) is 0 Å². The predicted molar refractivity (Wildman–Crippen MR) is 34.7 cm³/mol. The van der Waals surface area contributed by atoms with Crippen LogP contribution in [-0.2, 0) is 14.9 Å². The lowest BCUT2D eigenvalue weighted by atomic mass is 10.5. The summed E-state index contributed by atoms with van der Waals surface area (Å²) in [6, 6.07) is 0. The fourth-order valence-corrected chi connectivity index (χ4v) is 0.587. The van der Waals surface area contributed by atoms with E-state index in [1.54, 1.807) is 13.8 Å². The zero-order chi connectivity index (χ0) is 8.36. The van der Waals surface area contributed by atoms with Crippen molar-refractivity contribution < 1.29 is 18.5 Å². The molecule has 1 N–H and O–H groups in total. The predicted octanol–water partition coefficient (Wildman–Crippen LogP) is -0.0228. The Balaban J connectivity index is 3.99. The van der Waals surface area contributed by atoms with Gasteiger partial charge in [0.1, 0.15) is 0 Å². The van der Waals surface area contributed by atoms with Crippen LogP contribution < -0.4 is 0 Å². The van der Waals surface area contributed by atoms with Crippen molar-refractivity contribution in [2.75, 3.05) is 6.26 Å². The standard InChI is InChI=1S/C4H11NO4S/c1-4(2)9-5(6)10(3,7)8/h4,6H,1-3H3. The van der Waals surface area contributed by atoms with Gasteiger partial charge in [0.15, 0.2) is 0 Å². The summed E-state index contributed by atoms with van der Waals surface area (Å²) in [5.74, 6) is 0. The van der Waals surface area contributed by atoms with E-state index in [1.807, 2.05) is 0 Å². The highest BCUT2D eigenvalue weighted by atomic mass is 32.2. The second kappa shape index (κ2) is 3.29. The van der Waals surface area contributed by atoms with Gasteiger partial charge in [-0.3, -0.25) is 10.0 Å². The van der Waals surface area contributed by atoms with E-state index in [4.69, 9.17) is 5.21 Å². The number of hydrogen-bond acceptors (Lipinski definition) is 4. The maximum atomic E-state index is 10.4. The first-order valence-electron chi connectivity index (χ1n) is 2.70. The van der Waals surface area contributed by atoms with Gasteiger partial charge >= 0.3 is 0 Å². The first-order chi connectivity index (χ1) is 4.34. The van der Waals surface area contributed by atoms with Crippen LogP contribution in [0, 0.1) is 0 Å². The minimum absolute atomic E-state index is 0.141. The largest absolute Gasteiger partial charge is 0.276 e. The molecule has 0 aliphatic rings. The highest BCUT2D eigenvalue weighted by molar-refractivity contribution is 7.88. The van der Waals surface area contributed by atoms with Crippen molar-refractivity contribution >= 4 is 10.0 Å². The highest BCUT2D eigenvalue weighted by Crippen LogP contribution is 1.97. The smallest absolute Gasteiger partial charge is 0.256 e. The summed E-state index contributed by atoms with van der Waals surface area (Å²) >= 11 is 0. The van der Waals surface area contributed by atoms with Crippen molar-refractivity contribution in [1.82, 2.24) is 4.63 Å². The number of hydrogen-bond donors (Lipinski definition) is 1. The van der Waals surface area contributed by atoms with Crippen LogP contribution >= 0.6 is 0 Å². The fourth-order valence-electron chi connectivity index (χ4n) is 0.259. The minimum Gasteiger partial charge on any atom is -0.276 e. The Kier molecular flexibility index (Phi) is 3.23. The van der Waals surface area contributed by atoms with E-state index in [2.05, 4.69) is 4.84 Å². The fraction of sp³-hybridized carbons (Fsp3) is 1.00. The van der Waals surface area contributed by atoms with E-state index in [-0.39, 0.29) is 10.7 Å². The molecule has 0 radical (unpaired) electrons. The van der Waals surface area contributed by atoms with Gasteiger partial charge in [0.25, 0.3) is 10.0 Å². The first-order valence-corrected chi connectivity index (χ1v) is 4.55. The van der Waals surface area contributed by atoms with Gasteiger partial charge in [-0.25, -0.2) is 8.42 Å². The maximum absolute atomic E-state index is 10.4. The van der Waals surface area contributed by atoms with Crippen LogP contribution in [0.3, 0.4) is 0 Å². The van der Waals surface area contributed by atoms with Crippen LogP contribution in [0.2, 0.25) is 0 Å². The van der Waals surface area contributed by atoms with Crippen molar-refractivity contribution in [3.05, 3.63) is 0 Å². The molecular weight excluding hydrogens is 158 g/mol. The molecule has 0 atom stereocenters. The molecule has 0 aromatic carbocycles. The van der Waals surface area contributed by atoms with Crippen LogP contribution in [0.5, 0.6) is 0 Å². The molecule has 62 valence electrons. The average molecular weight is 169 g/mol. The zero-order valence-electron chi connectivity index (χ0n) is 6.10. The third-order valence-electron chi connectivity index (χ3n) is 0.585. The normalized spacial score (nSPS) is 13.0. The number of nitrogens with zero attached hydrogens (tertiary/aromatic N) is 1. The van der Waals surface area contributed by atoms with E-state index in [1.165, 1.54) is 0 Å². The molecule has 10 heavy (non-hydrogen) atoms. The summed E-state index contributed by atoms with van der Waals surface area (Å²) < 4.78 is 20.7. The van der Waals surface area contributed by atoms with Crippen molar-refractivity contribution in [2.24, 2.45) is 0 Å². The third kappa shape index (κ3) is 3.78. The maximum Gasteiger partial charge on any atom is 0.256 e. The van der Waals surface area contributed by atoms with E-state index >= 15 is 0 Å². The van der Waals surface area contributed by atoms with Crippen LogP contribution in [0.15, 0.2) is 0 Å². The lowest BCUT2D eigenvalue weighted by Gasteiger charge is -2.13. The summed E-state index contributed by atoms with van der Waals surface area (Å²) in [6.07, 6.45) is 0.481. The molecule has 0 fully saturated rings. The Morgan fingerprint density at radius 1 is 1.50 bits per heavy atom. The van der Waals surface area contributed by atoms with E-state index in [0.717, 1.165) is 6.26 Å². The molecule has 0 aromatic heterocycles. The summed E-state index contributed by atoms with van der Waals surface area (Å²) in [7, 11) is -3.63. The van der Waals surface area contributed by atoms with Gasteiger partial charge in [0.05, 0.1) is 17.0 Å². The van der Waals surface area contributed by atoms with Crippen LogP contribution in [0.4, 0.5) is 0 Å². The summed E-state index contributed by atoms with van der Waals surface area (Å²) in [5, 5.41) is 8.58. The molecule has 0 bridgehead atoms. The molecule has 6 heteroatoms. The third-order valence-corrected chi connectivity index (χ3v) is 1.24. The van der Waals surface area contributed by atoms with Gasteiger partial charge in [-0.05, 0) is 13.8 Å². The molecule has 0 aliphatic heterocycles. The molecule has 0 saturated heterocycles. The van der Waals surface area contributed by atoms with Crippen molar-refractivity contribution in [3.63, 3.8) is 0 Å². The Labute approximate surface area is 60.2 Å². The Morgan fingerprint density at radius 2 is 1.90 bits per heavy atom. The van der Waals surface area contributed by atoms with Gasteiger partial charge < -0.3 is 0 Å². The first kappa shape index (κ1) is 9.83. The molecular formula is C4H11NO4S. The zero-order valence-corrected chi connectivity index (χ0v) is 6.92. The highest BCUT2D eigenvalue weighted by Gasteiger charge is 2.15. The lowest BCUT2D eigenvalue weighted by molar-refractivity contribution is -0.285. The van der Waals surface area contributed by atoms with Crippen LogP contribution in [0.25, 0.3) is 0 Å². The molecule has 0 spiro atoms. The molecule has 0 unspecified atom stereocenters. The summed E-state index contributed by atoms with van der Waals surface area (Å²) in [6.45, 7) is 3.21. The van der Waals surface area contributed by atoms with Gasteiger partial charge in [-0.15, -0.1) is 0 Å². The van der Waals surface area contributed by atoms with Crippen LogP contribution in [-0.4, -0.2) is 30.6 Å². The molecule has 0 aliphatic carbocycles. The van der Waals surface area contributed by atoms with Crippen molar-refractivity contribution in [2.45, 2.75) is 20.0 Å². The van der Waals surface area contributed by atoms with E-state index < -0.39 is 10.0 Å². The molecule has 0 rings (SSSR count). The van der Waals surface area contributed by atoms with Gasteiger partial charge in [-0.2, -0.15) is 0 Å². The van der Waals surface area contributed by atoms with Crippen molar-refractivity contribution in [3.8, 4) is 0 Å². The summed E-state index contributed by atoms with van der Waals surface area (Å²) in [4.78, 5) is 4.42. The Bertz CT molecular complexity index is 185. The average Bonchev–Trinajstić information content (AvgIpc) is 1.60. The Morgan fingerprint density at radius 3 is 2.00 bits per heavy atom. The second-order valence-electron chi connectivity index (χ2n) is 2.13. The van der Waals surface area contributed by atoms with E-state index in [9.17, 15) is 8.42 Å². The molecule has 0 heterocycles. The Hall–Kier alpha value is -0.170. The molecule has 5 nitrogen and oxygen atoms in total. The summed E-state index contributed by atoms with van der Waals surface area (Å²) in [5.41, 5.74) is 0. The van der Waals surface area contributed by atoms with Gasteiger partial charge in [0, 0.05) is 0 Å². The topological polar surface area (TPSA) is 66.8 Å². The van der Waals surface area contributed by atoms with Crippen molar-refractivity contribution in [1.29, 1.82) is 0 Å². The van der Waals surface area contributed by atoms with Crippen LogP contribution in [0.1, 0.15) is 13.8 Å². The second-order valence-corrected chi connectivity index (χ2v) is 3.90. The number of rotatable bonds is 3. The molecule has 0 amide bonds. The molecule has 0 saturated carbocycles. The lowest BCUT2D eigenvalue weighted by Crippen LogP contribution is -2.29. The van der Waals surface area contributed by atoms with E-state index in [0.29, 0.717) is 0 Å². The minimum atomic E-state index is -3.63. The SMILES string of the molecule is CC(C)ON(O)S(C)(=O)=O.